The number of methoxy groups -OCH3 is 1. The van der Waals surface area contributed by atoms with Gasteiger partial charge in [-0.25, -0.2) is 0 Å². The summed E-state index contributed by atoms with van der Waals surface area (Å²) >= 11 is 6.18. The second-order valence-corrected chi connectivity index (χ2v) is 4.41. The third-order valence-corrected chi connectivity index (χ3v) is 2.59. The highest BCUT2D eigenvalue weighted by molar-refractivity contribution is 6.32. The van der Waals surface area contributed by atoms with Gasteiger partial charge in [0.1, 0.15) is 6.61 Å². The van der Waals surface area contributed by atoms with Crippen LogP contribution < -0.4 is 15.2 Å². The molecular formula is C14H18ClNO2. The minimum atomic E-state index is 0.0727. The van der Waals surface area contributed by atoms with Crippen molar-refractivity contribution in [1.82, 2.24) is 0 Å². The Kier molecular flexibility index (Phi) is 5.84. The molecular weight excluding hydrogens is 250 g/mol. The predicted molar refractivity (Wildman–Crippen MR) is 74.3 cm³/mol. The summed E-state index contributed by atoms with van der Waals surface area (Å²) in [4.78, 5) is 0. The van der Waals surface area contributed by atoms with Crippen LogP contribution in [0.4, 0.5) is 0 Å². The topological polar surface area (TPSA) is 44.5 Å². The first kappa shape index (κ1) is 14.7. The number of nitrogens with two attached hydrogens (primary N) is 1. The average Bonchev–Trinajstić information content (AvgIpc) is 2.30. The lowest BCUT2D eigenvalue weighted by Crippen LogP contribution is -2.17. The van der Waals surface area contributed by atoms with Crippen LogP contribution >= 0.6 is 11.6 Å². The Bertz CT molecular complexity index is 461. The number of hydrogen-bond donors (Lipinski definition) is 1. The molecule has 1 unspecified atom stereocenters. The van der Waals surface area contributed by atoms with Crippen molar-refractivity contribution < 1.29 is 9.47 Å². The van der Waals surface area contributed by atoms with Crippen molar-refractivity contribution >= 4 is 11.6 Å². The molecule has 0 saturated heterocycles. The third-order valence-electron chi connectivity index (χ3n) is 2.31. The van der Waals surface area contributed by atoms with Gasteiger partial charge in [-0.3, -0.25) is 0 Å². The molecule has 0 aliphatic carbocycles. The Labute approximate surface area is 113 Å². The van der Waals surface area contributed by atoms with E-state index in [1.54, 1.807) is 14.0 Å². The van der Waals surface area contributed by atoms with E-state index in [1.165, 1.54) is 0 Å². The fraction of sp³-hybridized carbons (Fsp3) is 0.429. The number of ether oxygens (including phenoxy) is 2. The zero-order valence-electron chi connectivity index (χ0n) is 10.9. The fourth-order valence-corrected chi connectivity index (χ4v) is 1.87. The molecule has 0 bridgehead atoms. The van der Waals surface area contributed by atoms with Crippen LogP contribution in [0.1, 0.15) is 19.4 Å². The highest BCUT2D eigenvalue weighted by atomic mass is 35.5. The molecule has 0 aromatic heterocycles. The molecule has 2 N–H and O–H groups in total. The van der Waals surface area contributed by atoms with Crippen molar-refractivity contribution in [2.24, 2.45) is 5.73 Å². The largest absolute Gasteiger partial charge is 0.493 e. The van der Waals surface area contributed by atoms with E-state index in [0.29, 0.717) is 23.1 Å². The van der Waals surface area contributed by atoms with Crippen molar-refractivity contribution in [1.29, 1.82) is 0 Å². The second-order valence-electron chi connectivity index (χ2n) is 4.01. The van der Waals surface area contributed by atoms with Crippen LogP contribution in [-0.2, 0) is 6.42 Å². The van der Waals surface area contributed by atoms with Gasteiger partial charge in [0.05, 0.1) is 12.1 Å². The van der Waals surface area contributed by atoms with Crippen molar-refractivity contribution in [3.63, 3.8) is 0 Å². The Balaban J connectivity index is 2.98. The van der Waals surface area contributed by atoms with Crippen molar-refractivity contribution in [3.8, 4) is 23.3 Å². The first-order valence-electron chi connectivity index (χ1n) is 5.72. The maximum atomic E-state index is 6.18. The molecule has 1 aromatic carbocycles. The van der Waals surface area contributed by atoms with E-state index in [2.05, 4.69) is 11.8 Å². The van der Waals surface area contributed by atoms with Crippen LogP contribution in [0.3, 0.4) is 0 Å². The summed E-state index contributed by atoms with van der Waals surface area (Å²) in [6, 6.07) is 3.81. The lowest BCUT2D eigenvalue weighted by Gasteiger charge is -2.13. The van der Waals surface area contributed by atoms with Gasteiger partial charge in [-0.05, 0) is 38.0 Å². The van der Waals surface area contributed by atoms with Crippen LogP contribution in [0, 0.1) is 11.8 Å². The molecule has 3 nitrogen and oxygen atoms in total. The summed E-state index contributed by atoms with van der Waals surface area (Å²) in [5.41, 5.74) is 6.80. The van der Waals surface area contributed by atoms with Gasteiger partial charge >= 0.3 is 0 Å². The van der Waals surface area contributed by atoms with Gasteiger partial charge in [0.15, 0.2) is 11.5 Å². The number of benzene rings is 1. The summed E-state index contributed by atoms with van der Waals surface area (Å²) in [7, 11) is 1.58. The van der Waals surface area contributed by atoms with Crippen LogP contribution in [0.25, 0.3) is 0 Å². The first-order chi connectivity index (χ1) is 8.58. The van der Waals surface area contributed by atoms with Crippen molar-refractivity contribution in [3.05, 3.63) is 22.7 Å². The molecule has 1 atom stereocenters. The van der Waals surface area contributed by atoms with Crippen molar-refractivity contribution in [2.45, 2.75) is 26.3 Å². The van der Waals surface area contributed by atoms with Crippen LogP contribution in [-0.4, -0.2) is 19.8 Å². The van der Waals surface area contributed by atoms with E-state index in [9.17, 15) is 0 Å². The van der Waals surface area contributed by atoms with E-state index in [4.69, 9.17) is 26.8 Å². The molecule has 18 heavy (non-hydrogen) atoms. The lowest BCUT2D eigenvalue weighted by atomic mass is 10.1. The first-order valence-corrected chi connectivity index (χ1v) is 6.10. The van der Waals surface area contributed by atoms with Crippen LogP contribution in [0.15, 0.2) is 12.1 Å². The summed E-state index contributed by atoms with van der Waals surface area (Å²) in [6.45, 7) is 3.99. The quantitative estimate of drug-likeness (QED) is 0.834. The summed E-state index contributed by atoms with van der Waals surface area (Å²) < 4.78 is 10.8. The van der Waals surface area contributed by atoms with E-state index in [-0.39, 0.29) is 6.04 Å². The maximum Gasteiger partial charge on any atom is 0.181 e. The van der Waals surface area contributed by atoms with Gasteiger partial charge in [0, 0.05) is 6.04 Å². The van der Waals surface area contributed by atoms with E-state index in [0.717, 1.165) is 12.0 Å². The van der Waals surface area contributed by atoms with Gasteiger partial charge in [0.25, 0.3) is 0 Å². The standard InChI is InChI=1S/C14H18ClNO2/c1-4-5-6-18-14-12(15)8-11(7-10(2)16)9-13(14)17-3/h8-10H,6-7,16H2,1-3H3. The van der Waals surface area contributed by atoms with Gasteiger partial charge in [-0.2, -0.15) is 0 Å². The van der Waals surface area contributed by atoms with Gasteiger partial charge in [0.2, 0.25) is 0 Å². The number of hydrogen-bond acceptors (Lipinski definition) is 3. The van der Waals surface area contributed by atoms with E-state index < -0.39 is 0 Å². The Morgan fingerprint density at radius 2 is 2.17 bits per heavy atom. The monoisotopic (exact) mass is 267 g/mol. The second kappa shape index (κ2) is 7.15. The van der Waals surface area contributed by atoms with E-state index in [1.807, 2.05) is 19.1 Å². The Hall–Kier alpha value is -1.37. The molecule has 0 fully saturated rings. The molecule has 1 aromatic rings. The normalized spacial score (nSPS) is 11.4. The number of rotatable bonds is 5. The Morgan fingerprint density at radius 3 is 2.72 bits per heavy atom. The molecule has 0 aliphatic rings. The average molecular weight is 268 g/mol. The van der Waals surface area contributed by atoms with Crippen LogP contribution in [0.2, 0.25) is 5.02 Å². The van der Waals surface area contributed by atoms with E-state index >= 15 is 0 Å². The molecule has 0 spiro atoms. The molecule has 0 radical (unpaired) electrons. The zero-order valence-corrected chi connectivity index (χ0v) is 11.7. The minimum absolute atomic E-state index is 0.0727. The van der Waals surface area contributed by atoms with Crippen LogP contribution in [0.5, 0.6) is 11.5 Å². The third kappa shape index (κ3) is 4.14. The Morgan fingerprint density at radius 1 is 1.44 bits per heavy atom. The summed E-state index contributed by atoms with van der Waals surface area (Å²) in [6.07, 6.45) is 0.741. The summed E-state index contributed by atoms with van der Waals surface area (Å²) in [5.74, 6) is 6.70. The molecule has 0 heterocycles. The van der Waals surface area contributed by atoms with Gasteiger partial charge < -0.3 is 15.2 Å². The molecule has 0 aliphatic heterocycles. The molecule has 0 amide bonds. The smallest absolute Gasteiger partial charge is 0.181 e. The maximum absolute atomic E-state index is 6.18. The van der Waals surface area contributed by atoms with Gasteiger partial charge in [-0.15, -0.1) is 5.92 Å². The molecule has 98 valence electrons. The fourth-order valence-electron chi connectivity index (χ4n) is 1.58. The molecule has 0 saturated carbocycles. The number of halogens is 1. The SMILES string of the molecule is CC#CCOc1c(Cl)cc(CC(C)N)cc1OC. The minimum Gasteiger partial charge on any atom is -0.493 e. The van der Waals surface area contributed by atoms with Gasteiger partial charge in [-0.1, -0.05) is 17.5 Å². The predicted octanol–water partition coefficient (Wildman–Crippen LogP) is 2.64. The van der Waals surface area contributed by atoms with Crippen molar-refractivity contribution in [2.75, 3.05) is 13.7 Å². The molecule has 4 heteroatoms. The zero-order chi connectivity index (χ0) is 13.5. The molecule has 1 rings (SSSR count). The highest BCUT2D eigenvalue weighted by Gasteiger charge is 2.12. The lowest BCUT2D eigenvalue weighted by molar-refractivity contribution is 0.330. The summed E-state index contributed by atoms with van der Waals surface area (Å²) in [5, 5.41) is 0.517. The highest BCUT2D eigenvalue weighted by Crippen LogP contribution is 2.36.